The molecule has 2 nitrogen and oxygen atoms in total. The van der Waals surface area contributed by atoms with Gasteiger partial charge in [-0.2, -0.15) is 0 Å². The SMILES string of the molecule is [2H]C([2H])([2H])c1cnc(-c2cc3ccccc3c3ccc4c5ccccc5oc4c23)cc1C([2H])([2H])[2H]. The largest absolute Gasteiger partial charge is 0.455 e. The Bertz CT molecular complexity index is 1780. The summed E-state index contributed by atoms with van der Waals surface area (Å²) in [5.74, 6) is 0. The standard InChI is InChI=1S/C27H19NO/c1-16-13-24(28-15-17(16)2)23-14-18-7-3-4-8-19(18)21-11-12-22-20-9-5-6-10-25(20)29-27(22)26(21)23/h3-15H,1-2H3/i1D3,2D3. The number of hydrogen-bond donors (Lipinski definition) is 0. The van der Waals surface area contributed by atoms with Gasteiger partial charge in [0.2, 0.25) is 0 Å². The number of para-hydroxylation sites is 1. The first-order chi connectivity index (χ1) is 16.6. The Hall–Kier alpha value is -3.65. The number of benzene rings is 4. The van der Waals surface area contributed by atoms with Crippen LogP contribution in [0.1, 0.15) is 19.4 Å². The van der Waals surface area contributed by atoms with E-state index in [0.29, 0.717) is 16.8 Å². The van der Waals surface area contributed by atoms with Crippen LogP contribution in [0.15, 0.2) is 83.4 Å². The molecule has 138 valence electrons. The second kappa shape index (κ2) is 5.92. The molecule has 2 heteroatoms. The second-order valence-corrected chi connectivity index (χ2v) is 7.22. The molecule has 6 rings (SSSR count). The quantitative estimate of drug-likeness (QED) is 0.275. The van der Waals surface area contributed by atoms with Gasteiger partial charge in [0.15, 0.2) is 0 Å². The fourth-order valence-corrected chi connectivity index (χ4v) is 4.18. The van der Waals surface area contributed by atoms with Crippen molar-refractivity contribution in [3.05, 3.63) is 90.1 Å². The van der Waals surface area contributed by atoms with E-state index in [4.69, 9.17) is 12.6 Å². The van der Waals surface area contributed by atoms with Crippen LogP contribution in [0.3, 0.4) is 0 Å². The van der Waals surface area contributed by atoms with Crippen molar-refractivity contribution in [2.75, 3.05) is 0 Å². The fraction of sp³-hybridized carbons (Fsp3) is 0.0741. The summed E-state index contributed by atoms with van der Waals surface area (Å²) in [6.45, 7) is -5.20. The number of fused-ring (bicyclic) bond motifs is 7. The van der Waals surface area contributed by atoms with Gasteiger partial charge < -0.3 is 4.42 Å². The smallest absolute Gasteiger partial charge is 0.143 e. The highest BCUT2D eigenvalue weighted by molar-refractivity contribution is 6.24. The molecule has 0 bridgehead atoms. The number of hydrogen-bond acceptors (Lipinski definition) is 2. The number of pyridine rings is 1. The molecule has 29 heavy (non-hydrogen) atoms. The van der Waals surface area contributed by atoms with Crippen molar-refractivity contribution in [2.24, 2.45) is 0 Å². The third-order valence-electron chi connectivity index (χ3n) is 5.55. The molecule has 0 N–H and O–H groups in total. The van der Waals surface area contributed by atoms with E-state index in [1.54, 1.807) is 0 Å². The van der Waals surface area contributed by atoms with Gasteiger partial charge in [-0.15, -0.1) is 0 Å². The van der Waals surface area contributed by atoms with E-state index in [1.807, 2.05) is 66.7 Å². The summed E-state index contributed by atoms with van der Waals surface area (Å²) in [5, 5.41) is 5.67. The first-order valence-corrected chi connectivity index (χ1v) is 9.40. The van der Waals surface area contributed by atoms with Gasteiger partial charge in [-0.3, -0.25) is 4.98 Å². The van der Waals surface area contributed by atoms with Crippen LogP contribution in [0.5, 0.6) is 0 Å². The van der Waals surface area contributed by atoms with Crippen LogP contribution < -0.4 is 0 Å². The normalized spacial score (nSPS) is 15.7. The summed E-state index contributed by atoms with van der Waals surface area (Å²) in [6, 6.07) is 23.2. The molecule has 4 aromatic carbocycles. The van der Waals surface area contributed by atoms with Crippen molar-refractivity contribution in [3.63, 3.8) is 0 Å². The topological polar surface area (TPSA) is 26.0 Å². The van der Waals surface area contributed by atoms with E-state index >= 15 is 0 Å². The fourth-order valence-electron chi connectivity index (χ4n) is 4.18. The molecule has 6 aromatic rings. The highest BCUT2D eigenvalue weighted by Gasteiger charge is 2.17. The zero-order chi connectivity index (χ0) is 24.5. The lowest BCUT2D eigenvalue weighted by Crippen LogP contribution is -1.91. The molecule has 2 heterocycles. The van der Waals surface area contributed by atoms with Crippen LogP contribution >= 0.6 is 0 Å². The van der Waals surface area contributed by atoms with Gasteiger partial charge in [0, 0.05) is 36.1 Å². The van der Waals surface area contributed by atoms with Crippen molar-refractivity contribution in [1.29, 1.82) is 0 Å². The molecule has 0 aliphatic carbocycles. The van der Waals surface area contributed by atoms with E-state index in [-0.39, 0.29) is 11.1 Å². The number of aromatic nitrogens is 1. The first-order valence-electron chi connectivity index (χ1n) is 12.4. The van der Waals surface area contributed by atoms with E-state index in [1.165, 1.54) is 12.3 Å². The zero-order valence-electron chi connectivity index (χ0n) is 21.4. The average molecular weight is 379 g/mol. The zero-order valence-corrected chi connectivity index (χ0v) is 15.4. The monoisotopic (exact) mass is 379 g/mol. The van der Waals surface area contributed by atoms with Crippen LogP contribution in [0.25, 0.3) is 54.7 Å². The van der Waals surface area contributed by atoms with Crippen LogP contribution in [-0.4, -0.2) is 4.98 Å². The highest BCUT2D eigenvalue weighted by Crippen LogP contribution is 2.41. The molecule has 0 fully saturated rings. The van der Waals surface area contributed by atoms with Crippen molar-refractivity contribution >= 4 is 43.5 Å². The summed E-state index contributed by atoms with van der Waals surface area (Å²) in [4.78, 5) is 4.46. The third kappa shape index (κ3) is 2.32. The van der Waals surface area contributed by atoms with Gasteiger partial charge >= 0.3 is 0 Å². The Morgan fingerprint density at radius 1 is 0.759 bits per heavy atom. The lowest BCUT2D eigenvalue weighted by Gasteiger charge is -2.12. The molecule has 0 saturated heterocycles. The van der Waals surface area contributed by atoms with E-state index in [0.717, 1.165) is 37.9 Å². The van der Waals surface area contributed by atoms with E-state index in [9.17, 15) is 0 Å². The lowest BCUT2D eigenvalue weighted by atomic mass is 9.93. The number of furan rings is 1. The van der Waals surface area contributed by atoms with Gasteiger partial charge in [0.1, 0.15) is 11.2 Å². The number of aryl methyl sites for hydroxylation is 2. The summed E-state index contributed by atoms with van der Waals surface area (Å²) in [6.07, 6.45) is 1.17. The molecule has 0 aliphatic rings. The molecule has 0 radical (unpaired) electrons. The molecular weight excluding hydrogens is 354 g/mol. The summed E-state index contributed by atoms with van der Waals surface area (Å²) >= 11 is 0. The van der Waals surface area contributed by atoms with E-state index in [2.05, 4.69) is 4.98 Å². The lowest BCUT2D eigenvalue weighted by molar-refractivity contribution is 0.673. The van der Waals surface area contributed by atoms with Gasteiger partial charge in [0.05, 0.1) is 5.69 Å². The Morgan fingerprint density at radius 2 is 1.55 bits per heavy atom. The van der Waals surface area contributed by atoms with Crippen LogP contribution in [0.4, 0.5) is 0 Å². The predicted molar refractivity (Wildman–Crippen MR) is 121 cm³/mol. The summed E-state index contributed by atoms with van der Waals surface area (Å²) < 4.78 is 53.7. The second-order valence-electron chi connectivity index (χ2n) is 7.22. The van der Waals surface area contributed by atoms with Crippen LogP contribution in [0, 0.1) is 13.7 Å². The maximum absolute atomic E-state index is 7.99. The molecule has 0 amide bonds. The average Bonchev–Trinajstić information content (AvgIpc) is 3.21. The number of rotatable bonds is 1. The maximum Gasteiger partial charge on any atom is 0.143 e. The van der Waals surface area contributed by atoms with E-state index < -0.39 is 13.7 Å². The molecule has 0 aliphatic heterocycles. The van der Waals surface area contributed by atoms with Crippen molar-refractivity contribution in [3.8, 4) is 11.3 Å². The highest BCUT2D eigenvalue weighted by atomic mass is 16.3. The van der Waals surface area contributed by atoms with Gasteiger partial charge in [0.25, 0.3) is 0 Å². The van der Waals surface area contributed by atoms with Crippen molar-refractivity contribution in [1.82, 2.24) is 4.98 Å². The molecule has 0 unspecified atom stereocenters. The summed E-state index contributed by atoms with van der Waals surface area (Å²) in [7, 11) is 0. The molecule has 0 saturated carbocycles. The van der Waals surface area contributed by atoms with Crippen molar-refractivity contribution < 1.29 is 12.6 Å². The minimum Gasteiger partial charge on any atom is -0.455 e. The molecule has 2 aromatic heterocycles. The van der Waals surface area contributed by atoms with Crippen molar-refractivity contribution in [2.45, 2.75) is 13.7 Å². The first kappa shape index (κ1) is 11.4. The molecular formula is C27H19NO. The Kier molecular flexibility index (Phi) is 2.32. The predicted octanol–water partition coefficient (Wildman–Crippen LogP) is 7.57. The van der Waals surface area contributed by atoms with Crippen LogP contribution in [0.2, 0.25) is 0 Å². The van der Waals surface area contributed by atoms with Gasteiger partial charge in [-0.1, -0.05) is 48.5 Å². The Morgan fingerprint density at radius 3 is 2.45 bits per heavy atom. The van der Waals surface area contributed by atoms with Gasteiger partial charge in [-0.25, -0.2) is 0 Å². The minimum atomic E-state index is -2.61. The summed E-state index contributed by atoms with van der Waals surface area (Å²) in [5.41, 5.74) is 2.02. The Labute approximate surface area is 176 Å². The molecule has 0 spiro atoms. The third-order valence-corrected chi connectivity index (χ3v) is 5.55. The van der Waals surface area contributed by atoms with Crippen LogP contribution in [-0.2, 0) is 0 Å². The molecule has 0 atom stereocenters. The minimum absolute atomic E-state index is 0.222. The Balaban J connectivity index is 1.78. The maximum atomic E-state index is 7.99. The number of nitrogens with zero attached hydrogens (tertiary/aromatic N) is 1. The van der Waals surface area contributed by atoms with Gasteiger partial charge in [-0.05, 0) is 65.3 Å².